The van der Waals surface area contributed by atoms with Gasteiger partial charge in [0.1, 0.15) is 5.82 Å². The van der Waals surface area contributed by atoms with Crippen molar-refractivity contribution in [1.29, 1.82) is 0 Å². The lowest BCUT2D eigenvalue weighted by Crippen LogP contribution is -2.24. The third-order valence-electron chi connectivity index (χ3n) is 4.19. The fourth-order valence-electron chi connectivity index (χ4n) is 2.98. The number of ketones is 1. The first kappa shape index (κ1) is 13.0. The lowest BCUT2D eigenvalue weighted by Gasteiger charge is -2.23. The lowest BCUT2D eigenvalue weighted by atomic mass is 9.79. The van der Waals surface area contributed by atoms with E-state index < -0.39 is 0 Å². The molecule has 1 nitrogen and oxygen atoms in total. The number of carbonyl (C=O) groups is 1. The van der Waals surface area contributed by atoms with Gasteiger partial charge >= 0.3 is 0 Å². The van der Waals surface area contributed by atoms with E-state index in [-0.39, 0.29) is 17.5 Å². The minimum Gasteiger partial charge on any atom is -0.294 e. The number of rotatable bonds is 2. The van der Waals surface area contributed by atoms with Crippen molar-refractivity contribution >= 4 is 5.78 Å². The molecule has 1 aliphatic carbocycles. The SMILES string of the molecule is Cc1ccc(F)cc1CC1CCc2ccccc2C1=O. The lowest BCUT2D eigenvalue weighted by molar-refractivity contribution is 0.0901. The van der Waals surface area contributed by atoms with Crippen LogP contribution in [0.1, 0.15) is 33.5 Å². The number of Topliss-reactive ketones (excluding diaryl/α,β-unsaturated/α-hetero) is 1. The van der Waals surface area contributed by atoms with Crippen molar-refractivity contribution in [1.82, 2.24) is 0 Å². The Balaban J connectivity index is 1.86. The summed E-state index contributed by atoms with van der Waals surface area (Å²) in [5.74, 6) is -0.0461. The fourth-order valence-corrected chi connectivity index (χ4v) is 2.98. The average molecular weight is 268 g/mol. The monoisotopic (exact) mass is 268 g/mol. The summed E-state index contributed by atoms with van der Waals surface area (Å²) in [7, 11) is 0. The first-order chi connectivity index (χ1) is 9.65. The van der Waals surface area contributed by atoms with E-state index in [4.69, 9.17) is 0 Å². The van der Waals surface area contributed by atoms with Gasteiger partial charge in [-0.3, -0.25) is 4.79 Å². The Bertz CT molecular complexity index is 660. The molecule has 0 spiro atoms. The standard InChI is InChI=1S/C18H17FO/c1-12-6-9-16(19)11-15(12)10-14-8-7-13-4-2-3-5-17(13)18(14)20/h2-6,9,11,14H,7-8,10H2,1H3. The molecule has 2 aromatic carbocycles. The molecule has 102 valence electrons. The average Bonchev–Trinajstić information content (AvgIpc) is 2.46. The fraction of sp³-hybridized carbons (Fsp3) is 0.278. The summed E-state index contributed by atoms with van der Waals surface area (Å²) in [6.07, 6.45) is 2.42. The van der Waals surface area contributed by atoms with E-state index in [2.05, 4.69) is 0 Å². The molecule has 0 amide bonds. The zero-order chi connectivity index (χ0) is 14.1. The van der Waals surface area contributed by atoms with Crippen molar-refractivity contribution in [2.45, 2.75) is 26.2 Å². The highest BCUT2D eigenvalue weighted by atomic mass is 19.1. The van der Waals surface area contributed by atoms with Crippen LogP contribution in [0.5, 0.6) is 0 Å². The number of hydrogen-bond acceptors (Lipinski definition) is 1. The second-order valence-corrected chi connectivity index (χ2v) is 5.53. The van der Waals surface area contributed by atoms with Gasteiger partial charge in [0, 0.05) is 11.5 Å². The maximum Gasteiger partial charge on any atom is 0.166 e. The van der Waals surface area contributed by atoms with Gasteiger partial charge in [0.25, 0.3) is 0 Å². The quantitative estimate of drug-likeness (QED) is 0.800. The molecule has 1 atom stereocenters. The molecule has 1 aliphatic rings. The van der Waals surface area contributed by atoms with Crippen LogP contribution < -0.4 is 0 Å². The van der Waals surface area contributed by atoms with Crippen LogP contribution in [0.15, 0.2) is 42.5 Å². The van der Waals surface area contributed by atoms with Gasteiger partial charge in [-0.05, 0) is 55.0 Å². The van der Waals surface area contributed by atoms with Crippen molar-refractivity contribution in [2.75, 3.05) is 0 Å². The molecular weight excluding hydrogens is 251 g/mol. The van der Waals surface area contributed by atoms with Crippen LogP contribution in [0.4, 0.5) is 4.39 Å². The molecule has 0 saturated heterocycles. The number of benzene rings is 2. The normalized spacial score (nSPS) is 17.9. The van der Waals surface area contributed by atoms with Gasteiger partial charge in [0.05, 0.1) is 0 Å². The number of halogens is 1. The summed E-state index contributed by atoms with van der Waals surface area (Å²) >= 11 is 0. The van der Waals surface area contributed by atoms with Crippen molar-refractivity contribution in [3.63, 3.8) is 0 Å². The van der Waals surface area contributed by atoms with E-state index in [1.165, 1.54) is 6.07 Å². The van der Waals surface area contributed by atoms with Crippen molar-refractivity contribution in [2.24, 2.45) is 5.92 Å². The molecule has 0 fully saturated rings. The van der Waals surface area contributed by atoms with E-state index in [1.54, 1.807) is 12.1 Å². The minimum absolute atomic E-state index is 0.0228. The highest BCUT2D eigenvalue weighted by Crippen LogP contribution is 2.28. The highest BCUT2D eigenvalue weighted by molar-refractivity contribution is 6.00. The van der Waals surface area contributed by atoms with Crippen LogP contribution in [-0.2, 0) is 12.8 Å². The van der Waals surface area contributed by atoms with Gasteiger partial charge in [-0.1, -0.05) is 30.3 Å². The molecule has 0 bridgehead atoms. The summed E-state index contributed by atoms with van der Waals surface area (Å²) in [5, 5.41) is 0. The minimum atomic E-state index is -0.228. The Morgan fingerprint density at radius 2 is 2.00 bits per heavy atom. The Hall–Kier alpha value is -1.96. The van der Waals surface area contributed by atoms with Gasteiger partial charge < -0.3 is 0 Å². The van der Waals surface area contributed by atoms with Crippen LogP contribution in [-0.4, -0.2) is 5.78 Å². The summed E-state index contributed by atoms with van der Waals surface area (Å²) in [6.45, 7) is 1.97. The molecule has 0 heterocycles. The summed E-state index contributed by atoms with van der Waals surface area (Å²) in [5.41, 5.74) is 3.99. The van der Waals surface area contributed by atoms with Crippen LogP contribution in [0.25, 0.3) is 0 Å². The highest BCUT2D eigenvalue weighted by Gasteiger charge is 2.27. The number of fused-ring (bicyclic) bond motifs is 1. The van der Waals surface area contributed by atoms with Crippen LogP contribution in [0.2, 0.25) is 0 Å². The molecule has 1 unspecified atom stereocenters. The molecule has 0 saturated carbocycles. The molecule has 0 aliphatic heterocycles. The second-order valence-electron chi connectivity index (χ2n) is 5.53. The molecule has 20 heavy (non-hydrogen) atoms. The molecule has 3 rings (SSSR count). The Morgan fingerprint density at radius 1 is 1.20 bits per heavy atom. The third-order valence-corrected chi connectivity index (χ3v) is 4.19. The number of carbonyl (C=O) groups excluding carboxylic acids is 1. The molecule has 0 N–H and O–H groups in total. The van der Waals surface area contributed by atoms with Gasteiger partial charge in [-0.15, -0.1) is 0 Å². The van der Waals surface area contributed by atoms with Gasteiger partial charge in [-0.25, -0.2) is 4.39 Å². The largest absolute Gasteiger partial charge is 0.294 e. The maximum absolute atomic E-state index is 13.4. The van der Waals surface area contributed by atoms with Gasteiger partial charge in [0.15, 0.2) is 5.78 Å². The van der Waals surface area contributed by atoms with E-state index in [9.17, 15) is 9.18 Å². The Morgan fingerprint density at radius 3 is 2.85 bits per heavy atom. The first-order valence-electron chi connectivity index (χ1n) is 7.02. The molecule has 2 aromatic rings. The first-order valence-corrected chi connectivity index (χ1v) is 7.02. The third kappa shape index (κ3) is 2.38. The van der Waals surface area contributed by atoms with Gasteiger partial charge in [0.2, 0.25) is 0 Å². The molecule has 2 heteroatoms. The predicted molar refractivity (Wildman–Crippen MR) is 77.4 cm³/mol. The maximum atomic E-state index is 13.4. The van der Waals surface area contributed by atoms with Crippen LogP contribution >= 0.6 is 0 Å². The molecular formula is C18H17FO. The second kappa shape index (κ2) is 5.20. The topological polar surface area (TPSA) is 17.1 Å². The number of hydrogen-bond donors (Lipinski definition) is 0. The zero-order valence-electron chi connectivity index (χ0n) is 11.5. The van der Waals surface area contributed by atoms with E-state index >= 15 is 0 Å². The number of aryl methyl sites for hydroxylation is 2. The Kier molecular flexibility index (Phi) is 3.39. The summed E-state index contributed by atoms with van der Waals surface area (Å²) < 4.78 is 13.4. The van der Waals surface area contributed by atoms with Crippen LogP contribution in [0.3, 0.4) is 0 Å². The zero-order valence-corrected chi connectivity index (χ0v) is 11.5. The van der Waals surface area contributed by atoms with Crippen molar-refractivity contribution in [3.8, 4) is 0 Å². The van der Waals surface area contributed by atoms with Crippen LogP contribution in [0, 0.1) is 18.7 Å². The molecule has 0 aromatic heterocycles. The summed E-state index contributed by atoms with van der Waals surface area (Å²) in [6, 6.07) is 12.6. The smallest absolute Gasteiger partial charge is 0.166 e. The predicted octanol–water partition coefficient (Wildman–Crippen LogP) is 4.12. The summed E-state index contributed by atoms with van der Waals surface area (Å²) in [4.78, 5) is 12.5. The van der Waals surface area contributed by atoms with E-state index in [1.807, 2.05) is 31.2 Å². The molecule has 0 radical (unpaired) electrons. The van der Waals surface area contributed by atoms with Crippen molar-refractivity contribution in [3.05, 3.63) is 70.5 Å². The van der Waals surface area contributed by atoms with E-state index in [0.29, 0.717) is 6.42 Å². The Labute approximate surface area is 118 Å². The van der Waals surface area contributed by atoms with E-state index in [0.717, 1.165) is 35.1 Å². The van der Waals surface area contributed by atoms with Crippen molar-refractivity contribution < 1.29 is 9.18 Å². The van der Waals surface area contributed by atoms with Gasteiger partial charge in [-0.2, -0.15) is 0 Å².